The Hall–Kier alpha value is -2.63. The van der Waals surface area contributed by atoms with Crippen LogP contribution in [0.2, 0.25) is 0 Å². The number of aliphatic carboxylic acids is 1. The van der Waals surface area contributed by atoms with E-state index >= 15 is 0 Å². The van der Waals surface area contributed by atoms with E-state index in [9.17, 15) is 19.5 Å². The Kier molecular flexibility index (Phi) is 6.33. The lowest BCUT2D eigenvalue weighted by Gasteiger charge is -2.36. The number of carbonyl (C=O) groups is 3. The minimum absolute atomic E-state index is 0.109. The van der Waals surface area contributed by atoms with Gasteiger partial charge in [-0.3, -0.25) is 9.59 Å². The molecule has 1 aliphatic heterocycles. The molecule has 134 valence electrons. The molecule has 0 radical (unpaired) electrons. The third-order valence-corrected chi connectivity index (χ3v) is 4.48. The minimum Gasteiger partial charge on any atom is -0.480 e. The average molecular weight is 344 g/mol. The molecule has 2 amide bonds. The third-order valence-electron chi connectivity index (χ3n) is 4.48. The summed E-state index contributed by atoms with van der Waals surface area (Å²) in [6.45, 7) is 2.15. The molecule has 6 nitrogen and oxygen atoms in total. The van der Waals surface area contributed by atoms with E-state index in [1.165, 1.54) is 4.90 Å². The Morgan fingerprint density at radius 3 is 2.52 bits per heavy atom. The number of likely N-dealkylation sites (tertiary alicyclic amines) is 1. The maximum Gasteiger partial charge on any atom is 0.326 e. The van der Waals surface area contributed by atoms with Gasteiger partial charge in [-0.05, 0) is 25.3 Å². The van der Waals surface area contributed by atoms with Crippen molar-refractivity contribution in [2.75, 3.05) is 13.6 Å². The number of rotatable bonds is 5. The number of nitrogens with one attached hydrogen (secondary N) is 1. The molecule has 1 aromatic rings. The van der Waals surface area contributed by atoms with Crippen LogP contribution in [-0.4, -0.2) is 47.4 Å². The topological polar surface area (TPSA) is 86.7 Å². The number of nitrogens with zero attached hydrogens (tertiary/aromatic N) is 1. The van der Waals surface area contributed by atoms with Crippen LogP contribution in [0.25, 0.3) is 6.08 Å². The zero-order valence-corrected chi connectivity index (χ0v) is 14.6. The molecule has 1 aliphatic rings. The highest BCUT2D eigenvalue weighted by Gasteiger charge is 2.37. The van der Waals surface area contributed by atoms with Crippen molar-refractivity contribution in [2.24, 2.45) is 5.92 Å². The Morgan fingerprint density at radius 2 is 1.92 bits per heavy atom. The van der Waals surface area contributed by atoms with Gasteiger partial charge in [0.2, 0.25) is 11.8 Å². The zero-order valence-electron chi connectivity index (χ0n) is 14.6. The normalized spacial score (nSPS) is 20.5. The molecule has 0 spiro atoms. The maximum atomic E-state index is 12.5. The predicted octanol–water partition coefficient (Wildman–Crippen LogP) is 1.84. The van der Waals surface area contributed by atoms with Gasteiger partial charge >= 0.3 is 5.97 Å². The first-order valence-corrected chi connectivity index (χ1v) is 8.39. The fourth-order valence-electron chi connectivity index (χ4n) is 3.01. The molecule has 1 saturated heterocycles. The smallest absolute Gasteiger partial charge is 0.326 e. The molecule has 6 heteroatoms. The number of benzene rings is 1. The largest absolute Gasteiger partial charge is 0.480 e. The van der Waals surface area contributed by atoms with Crippen molar-refractivity contribution in [2.45, 2.75) is 32.2 Å². The van der Waals surface area contributed by atoms with E-state index in [-0.39, 0.29) is 30.7 Å². The summed E-state index contributed by atoms with van der Waals surface area (Å²) in [6, 6.07) is 7.03. The second-order valence-corrected chi connectivity index (χ2v) is 6.31. The highest BCUT2D eigenvalue weighted by atomic mass is 16.4. The van der Waals surface area contributed by atoms with E-state index in [4.69, 9.17) is 0 Å². The van der Waals surface area contributed by atoms with Gasteiger partial charge in [0.25, 0.3) is 0 Å². The van der Waals surface area contributed by atoms with E-state index in [1.54, 1.807) is 13.1 Å². The third kappa shape index (κ3) is 4.92. The highest BCUT2D eigenvalue weighted by Crippen LogP contribution is 2.23. The number of carboxylic acids is 1. The van der Waals surface area contributed by atoms with Crippen molar-refractivity contribution in [3.8, 4) is 0 Å². The Morgan fingerprint density at radius 1 is 1.24 bits per heavy atom. The summed E-state index contributed by atoms with van der Waals surface area (Å²) < 4.78 is 0. The number of amides is 2. The molecule has 0 aliphatic carbocycles. The fraction of sp³-hybridized carbons (Fsp3) is 0.421. The lowest BCUT2D eigenvalue weighted by atomic mass is 9.91. The van der Waals surface area contributed by atoms with Crippen molar-refractivity contribution in [3.05, 3.63) is 41.5 Å². The fourth-order valence-corrected chi connectivity index (χ4v) is 3.01. The number of carboxylic acid groups (broad SMARTS) is 1. The first-order chi connectivity index (χ1) is 11.9. The van der Waals surface area contributed by atoms with Crippen molar-refractivity contribution in [1.82, 2.24) is 10.2 Å². The van der Waals surface area contributed by atoms with E-state index < -0.39 is 12.0 Å². The lowest BCUT2D eigenvalue weighted by molar-refractivity contribution is -0.154. The highest BCUT2D eigenvalue weighted by molar-refractivity contribution is 5.87. The molecular weight excluding hydrogens is 320 g/mol. The van der Waals surface area contributed by atoms with Crippen molar-refractivity contribution < 1.29 is 19.5 Å². The summed E-state index contributed by atoms with van der Waals surface area (Å²) in [4.78, 5) is 37.1. The summed E-state index contributed by atoms with van der Waals surface area (Å²) in [6.07, 6.45) is 4.45. The zero-order chi connectivity index (χ0) is 18.4. The molecule has 0 bridgehead atoms. The molecule has 1 aromatic carbocycles. The summed E-state index contributed by atoms with van der Waals surface area (Å²) in [5.74, 6) is -1.81. The minimum atomic E-state index is -1.02. The predicted molar refractivity (Wildman–Crippen MR) is 94.8 cm³/mol. The second-order valence-electron chi connectivity index (χ2n) is 6.31. The monoisotopic (exact) mass is 344 g/mol. The lowest BCUT2D eigenvalue weighted by Crippen LogP contribution is -2.53. The van der Waals surface area contributed by atoms with Crippen LogP contribution in [-0.2, 0) is 14.4 Å². The number of hydrogen-bond donors (Lipinski definition) is 2. The van der Waals surface area contributed by atoms with Crippen molar-refractivity contribution in [3.63, 3.8) is 0 Å². The number of carbonyl (C=O) groups excluding carboxylic acids is 2. The van der Waals surface area contributed by atoms with Crippen LogP contribution in [0.3, 0.4) is 0 Å². The molecule has 1 fully saturated rings. The quantitative estimate of drug-likeness (QED) is 0.853. The molecule has 0 aromatic heterocycles. The molecule has 2 N–H and O–H groups in total. The molecule has 0 saturated carbocycles. The van der Waals surface area contributed by atoms with Gasteiger partial charge in [-0.2, -0.15) is 0 Å². The first-order valence-electron chi connectivity index (χ1n) is 8.39. The Labute approximate surface area is 147 Å². The van der Waals surface area contributed by atoms with Gasteiger partial charge in [-0.15, -0.1) is 0 Å². The van der Waals surface area contributed by atoms with E-state index in [0.717, 1.165) is 11.1 Å². The molecule has 0 unspecified atom stereocenters. The average Bonchev–Trinajstić information content (AvgIpc) is 2.62. The maximum absolute atomic E-state index is 12.5. The van der Waals surface area contributed by atoms with Crippen LogP contribution in [0.5, 0.6) is 0 Å². The number of piperidine rings is 1. The summed E-state index contributed by atoms with van der Waals surface area (Å²) in [5.41, 5.74) is 2.14. The van der Waals surface area contributed by atoms with Crippen LogP contribution >= 0.6 is 0 Å². The van der Waals surface area contributed by atoms with Gasteiger partial charge in [0, 0.05) is 20.0 Å². The Balaban J connectivity index is 2.03. The van der Waals surface area contributed by atoms with Gasteiger partial charge in [0.15, 0.2) is 0 Å². The SMILES string of the molecule is CNC(=O)[C@H]1CC[C@@H](C(=O)O)N(C(=O)C/C=C/c2ccc(C)cc2)C1. The van der Waals surface area contributed by atoms with Crippen LogP contribution in [0, 0.1) is 12.8 Å². The number of hydrogen-bond acceptors (Lipinski definition) is 3. The molecule has 2 rings (SSSR count). The molecular formula is C19H24N2O4. The van der Waals surface area contributed by atoms with E-state index in [2.05, 4.69) is 5.32 Å². The van der Waals surface area contributed by atoms with Crippen LogP contribution < -0.4 is 5.32 Å². The van der Waals surface area contributed by atoms with Crippen LogP contribution in [0.15, 0.2) is 30.3 Å². The van der Waals surface area contributed by atoms with Crippen LogP contribution in [0.4, 0.5) is 0 Å². The molecule has 25 heavy (non-hydrogen) atoms. The standard InChI is InChI=1S/C19H24N2O4/c1-13-6-8-14(9-7-13)4-3-5-17(22)21-12-15(18(23)20-2)10-11-16(21)19(24)25/h3-4,6-9,15-16H,5,10-12H2,1-2H3,(H,20,23)(H,24,25)/b4-3+/t15-,16-/m0/s1. The van der Waals surface area contributed by atoms with Gasteiger partial charge in [0.1, 0.15) is 6.04 Å². The summed E-state index contributed by atoms with van der Waals surface area (Å²) >= 11 is 0. The first kappa shape index (κ1) is 18.7. The summed E-state index contributed by atoms with van der Waals surface area (Å²) in [5, 5.41) is 11.9. The van der Waals surface area contributed by atoms with Gasteiger partial charge in [0.05, 0.1) is 5.92 Å². The summed E-state index contributed by atoms with van der Waals surface area (Å²) in [7, 11) is 1.54. The van der Waals surface area contributed by atoms with Crippen molar-refractivity contribution >= 4 is 23.9 Å². The van der Waals surface area contributed by atoms with Crippen LogP contribution in [0.1, 0.15) is 30.4 Å². The molecule has 2 atom stereocenters. The molecule has 1 heterocycles. The number of aryl methyl sites for hydroxylation is 1. The van der Waals surface area contributed by atoms with Gasteiger partial charge in [-0.1, -0.05) is 42.0 Å². The second kappa shape index (κ2) is 8.46. The van der Waals surface area contributed by atoms with Crippen molar-refractivity contribution in [1.29, 1.82) is 0 Å². The van der Waals surface area contributed by atoms with E-state index in [0.29, 0.717) is 12.8 Å². The van der Waals surface area contributed by atoms with E-state index in [1.807, 2.05) is 37.3 Å². The van der Waals surface area contributed by atoms with Gasteiger partial charge in [-0.25, -0.2) is 4.79 Å². The van der Waals surface area contributed by atoms with Gasteiger partial charge < -0.3 is 15.3 Å². The Bertz CT molecular complexity index is 667.